The number of benzene rings is 2. The molecular formula is C25H24F4N2O2. The number of piperidine rings is 1. The summed E-state index contributed by atoms with van der Waals surface area (Å²) in [7, 11) is 0. The molecule has 0 radical (unpaired) electrons. The fourth-order valence-electron chi connectivity index (χ4n) is 5.26. The van der Waals surface area contributed by atoms with Crippen molar-refractivity contribution >= 4 is 17.9 Å². The van der Waals surface area contributed by atoms with Crippen molar-refractivity contribution in [1.29, 1.82) is 0 Å². The number of nitrogens with two attached hydrogens (primary N) is 1. The summed E-state index contributed by atoms with van der Waals surface area (Å²) in [6, 6.07) is 9.71. The van der Waals surface area contributed by atoms with Crippen LogP contribution in [0.25, 0.3) is 6.08 Å². The van der Waals surface area contributed by atoms with Crippen molar-refractivity contribution in [2.45, 2.75) is 43.2 Å². The van der Waals surface area contributed by atoms with Crippen molar-refractivity contribution in [1.82, 2.24) is 4.90 Å². The molecule has 174 valence electrons. The number of fused-ring (bicyclic) bond motifs is 2. The van der Waals surface area contributed by atoms with E-state index in [9.17, 15) is 27.2 Å². The van der Waals surface area contributed by atoms with E-state index in [0.717, 1.165) is 17.2 Å². The molecule has 2 amide bonds. The highest BCUT2D eigenvalue weighted by Gasteiger charge is 2.46. The molecule has 2 aromatic rings. The molecule has 1 saturated heterocycles. The molecule has 4 nitrogen and oxygen atoms in total. The molecule has 2 N–H and O–H groups in total. The van der Waals surface area contributed by atoms with Gasteiger partial charge < -0.3 is 10.6 Å². The van der Waals surface area contributed by atoms with Gasteiger partial charge in [-0.3, -0.25) is 9.59 Å². The summed E-state index contributed by atoms with van der Waals surface area (Å²) in [4.78, 5) is 25.8. The van der Waals surface area contributed by atoms with Gasteiger partial charge >= 0.3 is 6.18 Å². The number of carbonyl (C=O) groups is 2. The second kappa shape index (κ2) is 8.65. The lowest BCUT2D eigenvalue weighted by molar-refractivity contribution is -0.137. The van der Waals surface area contributed by atoms with Crippen LogP contribution in [-0.2, 0) is 21.2 Å². The van der Waals surface area contributed by atoms with E-state index in [1.165, 1.54) is 42.5 Å². The molecule has 4 rings (SSSR count). The minimum atomic E-state index is -4.51. The SMILES string of the molecule is NC(=O)CC1CC2(CCN(C(=O)/C=C/c3ccccc3C(F)(F)F)CC2)c2cc(F)ccc21. The van der Waals surface area contributed by atoms with Gasteiger partial charge in [0.15, 0.2) is 0 Å². The Balaban J connectivity index is 1.48. The van der Waals surface area contributed by atoms with E-state index in [4.69, 9.17) is 5.73 Å². The van der Waals surface area contributed by atoms with Crippen LogP contribution in [0.4, 0.5) is 17.6 Å². The number of rotatable bonds is 4. The van der Waals surface area contributed by atoms with Gasteiger partial charge in [0.1, 0.15) is 5.82 Å². The largest absolute Gasteiger partial charge is 0.416 e. The van der Waals surface area contributed by atoms with Crippen molar-refractivity contribution < 1.29 is 27.2 Å². The average Bonchev–Trinajstić information content (AvgIpc) is 3.03. The smallest absolute Gasteiger partial charge is 0.370 e. The molecule has 0 aromatic heterocycles. The second-order valence-electron chi connectivity index (χ2n) is 8.83. The summed E-state index contributed by atoms with van der Waals surface area (Å²) in [6.07, 6.45) is -0.141. The van der Waals surface area contributed by atoms with E-state index in [1.807, 2.05) is 0 Å². The molecular weight excluding hydrogens is 436 g/mol. The highest BCUT2D eigenvalue weighted by atomic mass is 19.4. The summed E-state index contributed by atoms with van der Waals surface area (Å²) in [5, 5.41) is 0. The highest BCUT2D eigenvalue weighted by molar-refractivity contribution is 5.92. The lowest BCUT2D eigenvalue weighted by atomic mass is 9.73. The van der Waals surface area contributed by atoms with E-state index in [1.54, 1.807) is 11.0 Å². The number of amides is 2. The highest BCUT2D eigenvalue weighted by Crippen LogP contribution is 2.52. The third kappa shape index (κ3) is 4.65. The average molecular weight is 460 g/mol. The third-order valence-corrected chi connectivity index (χ3v) is 6.82. The standard InChI is InChI=1S/C25H24F4N2O2/c26-18-6-7-19-17(13-22(30)32)15-24(21(19)14-18)9-11-31(12-10-24)23(33)8-5-16-3-1-2-4-20(16)25(27,28)29/h1-8,14,17H,9-13,15H2,(H2,30,32)/b8-5+. The first-order valence-corrected chi connectivity index (χ1v) is 10.8. The van der Waals surface area contributed by atoms with Crippen molar-refractivity contribution in [3.05, 3.63) is 76.6 Å². The molecule has 1 aliphatic carbocycles. The maximum absolute atomic E-state index is 14.0. The zero-order valence-electron chi connectivity index (χ0n) is 17.9. The van der Waals surface area contributed by atoms with Crippen LogP contribution in [0.2, 0.25) is 0 Å². The normalized spacial score (nSPS) is 19.8. The Morgan fingerprint density at radius 1 is 1.12 bits per heavy atom. The third-order valence-electron chi connectivity index (χ3n) is 6.82. The molecule has 1 fully saturated rings. The minimum Gasteiger partial charge on any atom is -0.370 e. The van der Waals surface area contributed by atoms with Crippen LogP contribution in [0.1, 0.15) is 53.9 Å². The summed E-state index contributed by atoms with van der Waals surface area (Å²) in [6.45, 7) is 0.784. The van der Waals surface area contributed by atoms with Crippen LogP contribution < -0.4 is 5.73 Å². The Labute approximate surface area is 189 Å². The van der Waals surface area contributed by atoms with E-state index >= 15 is 0 Å². The molecule has 0 bridgehead atoms. The van der Waals surface area contributed by atoms with Crippen LogP contribution in [0.5, 0.6) is 0 Å². The molecule has 1 aliphatic heterocycles. The Hall–Kier alpha value is -3.16. The molecule has 2 aromatic carbocycles. The van der Waals surface area contributed by atoms with Gasteiger partial charge in [-0.15, -0.1) is 0 Å². The van der Waals surface area contributed by atoms with Crippen molar-refractivity contribution in [3.63, 3.8) is 0 Å². The Morgan fingerprint density at radius 3 is 2.48 bits per heavy atom. The molecule has 1 unspecified atom stereocenters. The van der Waals surface area contributed by atoms with E-state index in [2.05, 4.69) is 0 Å². The van der Waals surface area contributed by atoms with Crippen LogP contribution in [0.3, 0.4) is 0 Å². The number of carbonyl (C=O) groups excluding carboxylic acids is 2. The monoisotopic (exact) mass is 460 g/mol. The quantitative estimate of drug-likeness (QED) is 0.527. The summed E-state index contributed by atoms with van der Waals surface area (Å²) < 4.78 is 53.5. The fourth-order valence-corrected chi connectivity index (χ4v) is 5.26. The number of hydrogen-bond acceptors (Lipinski definition) is 2. The van der Waals surface area contributed by atoms with Gasteiger partial charge in [0.2, 0.25) is 11.8 Å². The lowest BCUT2D eigenvalue weighted by Crippen LogP contribution is -2.44. The maximum atomic E-state index is 14.0. The van der Waals surface area contributed by atoms with Crippen LogP contribution >= 0.6 is 0 Å². The molecule has 1 atom stereocenters. The van der Waals surface area contributed by atoms with Crippen LogP contribution in [0.15, 0.2) is 48.5 Å². The lowest BCUT2D eigenvalue weighted by Gasteiger charge is -2.40. The second-order valence-corrected chi connectivity index (χ2v) is 8.83. The first kappa shape index (κ1) is 23.0. The van der Waals surface area contributed by atoms with E-state index in [-0.39, 0.29) is 35.0 Å². The Morgan fingerprint density at radius 2 is 1.82 bits per heavy atom. The number of alkyl halides is 3. The zero-order chi connectivity index (χ0) is 23.8. The van der Waals surface area contributed by atoms with Crippen LogP contribution in [-0.4, -0.2) is 29.8 Å². The molecule has 2 aliphatic rings. The number of primary amides is 1. The minimum absolute atomic E-state index is 0.0682. The van der Waals surface area contributed by atoms with Crippen molar-refractivity contribution in [2.24, 2.45) is 5.73 Å². The van der Waals surface area contributed by atoms with Gasteiger partial charge in [0.25, 0.3) is 0 Å². The van der Waals surface area contributed by atoms with Crippen LogP contribution in [0, 0.1) is 5.82 Å². The zero-order valence-corrected chi connectivity index (χ0v) is 17.9. The van der Waals surface area contributed by atoms with Gasteiger partial charge in [-0.25, -0.2) is 4.39 Å². The first-order valence-electron chi connectivity index (χ1n) is 10.8. The molecule has 0 saturated carbocycles. The summed E-state index contributed by atoms with van der Waals surface area (Å²) in [5.41, 5.74) is 6.00. The van der Waals surface area contributed by atoms with Gasteiger partial charge in [0, 0.05) is 25.6 Å². The number of hydrogen-bond donors (Lipinski definition) is 1. The summed E-state index contributed by atoms with van der Waals surface area (Å²) in [5.74, 6) is -1.21. The number of likely N-dealkylation sites (tertiary alicyclic amines) is 1. The summed E-state index contributed by atoms with van der Waals surface area (Å²) >= 11 is 0. The fraction of sp³-hybridized carbons (Fsp3) is 0.360. The van der Waals surface area contributed by atoms with Gasteiger partial charge in [-0.1, -0.05) is 24.3 Å². The molecule has 1 spiro atoms. The number of nitrogens with zero attached hydrogens (tertiary/aromatic N) is 1. The van der Waals surface area contributed by atoms with E-state index in [0.29, 0.717) is 32.4 Å². The Bertz CT molecular complexity index is 1100. The van der Waals surface area contributed by atoms with Crippen molar-refractivity contribution in [2.75, 3.05) is 13.1 Å². The van der Waals surface area contributed by atoms with Crippen molar-refractivity contribution in [3.8, 4) is 0 Å². The maximum Gasteiger partial charge on any atom is 0.416 e. The van der Waals surface area contributed by atoms with E-state index < -0.39 is 17.6 Å². The predicted octanol–water partition coefficient (Wildman–Crippen LogP) is 4.78. The molecule has 33 heavy (non-hydrogen) atoms. The Kier molecular flexibility index (Phi) is 6.03. The number of halogens is 4. The van der Waals surface area contributed by atoms with Gasteiger partial charge in [0.05, 0.1) is 5.56 Å². The predicted molar refractivity (Wildman–Crippen MR) is 116 cm³/mol. The topological polar surface area (TPSA) is 63.4 Å². The van der Waals surface area contributed by atoms with Gasteiger partial charge in [-0.2, -0.15) is 13.2 Å². The first-order chi connectivity index (χ1) is 15.6. The molecule has 1 heterocycles. The van der Waals surface area contributed by atoms with Gasteiger partial charge in [-0.05, 0) is 71.6 Å². The molecule has 8 heteroatoms.